The lowest BCUT2D eigenvalue weighted by atomic mass is 10.1. The van der Waals surface area contributed by atoms with E-state index in [1.54, 1.807) is 0 Å². The van der Waals surface area contributed by atoms with E-state index >= 15 is 0 Å². The Morgan fingerprint density at radius 1 is 1.38 bits per heavy atom. The minimum Gasteiger partial charge on any atom is -0.376 e. The van der Waals surface area contributed by atoms with Crippen LogP contribution in [0.3, 0.4) is 0 Å². The van der Waals surface area contributed by atoms with E-state index in [0.29, 0.717) is 25.9 Å². The SMILES string of the molecule is NCc1cccc(COC[C@H]2CCCO2)c1. The van der Waals surface area contributed by atoms with E-state index in [1.165, 1.54) is 5.56 Å². The van der Waals surface area contributed by atoms with Crippen LogP contribution in [0.4, 0.5) is 0 Å². The summed E-state index contributed by atoms with van der Waals surface area (Å²) in [4.78, 5) is 0. The second-order valence-electron chi connectivity index (χ2n) is 4.17. The van der Waals surface area contributed by atoms with Gasteiger partial charge in [0.05, 0.1) is 19.3 Å². The fourth-order valence-electron chi connectivity index (χ4n) is 1.93. The van der Waals surface area contributed by atoms with Crippen LogP contribution in [0.2, 0.25) is 0 Å². The summed E-state index contributed by atoms with van der Waals surface area (Å²) in [6.45, 7) is 2.82. The molecule has 88 valence electrons. The highest BCUT2D eigenvalue weighted by Gasteiger charge is 2.15. The summed E-state index contributed by atoms with van der Waals surface area (Å²) in [5, 5.41) is 0. The minimum atomic E-state index is 0.303. The molecule has 0 bridgehead atoms. The van der Waals surface area contributed by atoms with E-state index < -0.39 is 0 Å². The van der Waals surface area contributed by atoms with Crippen LogP contribution in [0.5, 0.6) is 0 Å². The third kappa shape index (κ3) is 3.30. The van der Waals surface area contributed by atoms with Crippen LogP contribution < -0.4 is 5.73 Å². The first-order valence-corrected chi connectivity index (χ1v) is 5.85. The van der Waals surface area contributed by atoms with Crippen LogP contribution in [0.15, 0.2) is 24.3 Å². The van der Waals surface area contributed by atoms with Gasteiger partial charge in [0.1, 0.15) is 0 Å². The normalized spacial score (nSPS) is 20.2. The molecule has 0 spiro atoms. The molecule has 0 amide bonds. The van der Waals surface area contributed by atoms with Gasteiger partial charge in [0, 0.05) is 13.2 Å². The molecule has 1 fully saturated rings. The number of hydrogen-bond acceptors (Lipinski definition) is 3. The molecule has 1 atom stereocenters. The molecule has 0 aromatic heterocycles. The van der Waals surface area contributed by atoms with Gasteiger partial charge in [0.25, 0.3) is 0 Å². The summed E-state index contributed by atoms with van der Waals surface area (Å²) in [5.74, 6) is 0. The molecule has 2 rings (SSSR count). The number of ether oxygens (including phenoxy) is 2. The zero-order chi connectivity index (χ0) is 11.2. The van der Waals surface area contributed by atoms with Crippen molar-refractivity contribution in [1.82, 2.24) is 0 Å². The fourth-order valence-corrected chi connectivity index (χ4v) is 1.93. The summed E-state index contributed by atoms with van der Waals surface area (Å²) in [6.07, 6.45) is 2.59. The molecule has 2 N–H and O–H groups in total. The highest BCUT2D eigenvalue weighted by atomic mass is 16.5. The standard InChI is InChI=1S/C13H19NO2/c14-8-11-3-1-4-12(7-11)9-15-10-13-5-2-6-16-13/h1,3-4,7,13H,2,5-6,8-10,14H2/t13-/m1/s1. The maximum Gasteiger partial charge on any atom is 0.0809 e. The van der Waals surface area contributed by atoms with E-state index in [1.807, 2.05) is 12.1 Å². The van der Waals surface area contributed by atoms with Gasteiger partial charge in [0.2, 0.25) is 0 Å². The molecular weight excluding hydrogens is 202 g/mol. The first-order valence-electron chi connectivity index (χ1n) is 5.85. The molecule has 3 heteroatoms. The molecule has 1 saturated heterocycles. The second-order valence-corrected chi connectivity index (χ2v) is 4.17. The maximum absolute atomic E-state index is 5.64. The van der Waals surface area contributed by atoms with Gasteiger partial charge in [-0.1, -0.05) is 24.3 Å². The zero-order valence-corrected chi connectivity index (χ0v) is 9.52. The molecule has 0 aliphatic carbocycles. The Bertz CT molecular complexity index is 321. The van der Waals surface area contributed by atoms with Gasteiger partial charge in [-0.05, 0) is 24.0 Å². The Hall–Kier alpha value is -0.900. The Kier molecular flexibility index (Phi) is 4.34. The van der Waals surface area contributed by atoms with Crippen LogP contribution >= 0.6 is 0 Å². The number of hydrogen-bond donors (Lipinski definition) is 1. The van der Waals surface area contributed by atoms with Gasteiger partial charge >= 0.3 is 0 Å². The molecule has 16 heavy (non-hydrogen) atoms. The topological polar surface area (TPSA) is 44.5 Å². The first kappa shape index (κ1) is 11.6. The molecule has 0 saturated carbocycles. The van der Waals surface area contributed by atoms with Crippen molar-refractivity contribution in [3.05, 3.63) is 35.4 Å². The molecule has 1 aliphatic rings. The third-order valence-electron chi connectivity index (χ3n) is 2.82. The largest absolute Gasteiger partial charge is 0.376 e. The Morgan fingerprint density at radius 2 is 2.25 bits per heavy atom. The summed E-state index contributed by atoms with van der Waals surface area (Å²) in [5.41, 5.74) is 7.92. The van der Waals surface area contributed by atoms with Crippen LogP contribution in [0.25, 0.3) is 0 Å². The summed E-state index contributed by atoms with van der Waals surface area (Å²) >= 11 is 0. The van der Waals surface area contributed by atoms with E-state index in [-0.39, 0.29) is 0 Å². The Balaban J connectivity index is 1.75. The van der Waals surface area contributed by atoms with Gasteiger partial charge in [-0.25, -0.2) is 0 Å². The van der Waals surface area contributed by atoms with Crippen molar-refractivity contribution in [2.75, 3.05) is 13.2 Å². The van der Waals surface area contributed by atoms with Crippen molar-refractivity contribution in [3.8, 4) is 0 Å². The molecule has 1 aromatic carbocycles. The molecule has 1 aliphatic heterocycles. The molecule has 1 aromatic rings. The van der Waals surface area contributed by atoms with Crippen LogP contribution in [-0.2, 0) is 22.6 Å². The van der Waals surface area contributed by atoms with Crippen LogP contribution in [-0.4, -0.2) is 19.3 Å². The van der Waals surface area contributed by atoms with E-state index in [9.17, 15) is 0 Å². The molecule has 0 radical (unpaired) electrons. The highest BCUT2D eigenvalue weighted by molar-refractivity contribution is 5.22. The smallest absolute Gasteiger partial charge is 0.0809 e. The average molecular weight is 221 g/mol. The second kappa shape index (κ2) is 5.99. The summed E-state index contributed by atoms with van der Waals surface area (Å²) in [6, 6.07) is 8.21. The predicted octanol–water partition coefficient (Wildman–Crippen LogP) is 1.84. The van der Waals surface area contributed by atoms with Crippen molar-refractivity contribution in [2.24, 2.45) is 5.73 Å². The van der Waals surface area contributed by atoms with Crippen LogP contribution in [0, 0.1) is 0 Å². The van der Waals surface area contributed by atoms with E-state index in [0.717, 1.165) is 25.0 Å². The molecule has 3 nitrogen and oxygen atoms in total. The zero-order valence-electron chi connectivity index (χ0n) is 9.52. The number of benzene rings is 1. The van der Waals surface area contributed by atoms with Crippen LogP contribution in [0.1, 0.15) is 24.0 Å². The van der Waals surface area contributed by atoms with Crippen molar-refractivity contribution >= 4 is 0 Å². The lowest BCUT2D eigenvalue weighted by Crippen LogP contribution is -2.13. The van der Waals surface area contributed by atoms with Gasteiger partial charge in [0.15, 0.2) is 0 Å². The molecule has 0 unspecified atom stereocenters. The van der Waals surface area contributed by atoms with Crippen molar-refractivity contribution in [3.63, 3.8) is 0 Å². The molecule has 1 heterocycles. The van der Waals surface area contributed by atoms with Gasteiger partial charge in [-0.15, -0.1) is 0 Å². The fraction of sp³-hybridized carbons (Fsp3) is 0.538. The quantitative estimate of drug-likeness (QED) is 0.825. The number of nitrogens with two attached hydrogens (primary N) is 1. The molecular formula is C13H19NO2. The Labute approximate surface area is 96.5 Å². The lowest BCUT2D eigenvalue weighted by molar-refractivity contribution is 0.0106. The van der Waals surface area contributed by atoms with Crippen molar-refractivity contribution < 1.29 is 9.47 Å². The third-order valence-corrected chi connectivity index (χ3v) is 2.82. The summed E-state index contributed by atoms with van der Waals surface area (Å²) in [7, 11) is 0. The van der Waals surface area contributed by atoms with E-state index in [4.69, 9.17) is 15.2 Å². The highest BCUT2D eigenvalue weighted by Crippen LogP contribution is 2.13. The van der Waals surface area contributed by atoms with Crippen molar-refractivity contribution in [1.29, 1.82) is 0 Å². The van der Waals surface area contributed by atoms with E-state index in [2.05, 4.69) is 12.1 Å². The summed E-state index contributed by atoms with van der Waals surface area (Å²) < 4.78 is 11.1. The number of rotatable bonds is 5. The first-order chi connectivity index (χ1) is 7.88. The lowest BCUT2D eigenvalue weighted by Gasteiger charge is -2.10. The van der Waals surface area contributed by atoms with Crippen molar-refractivity contribution in [2.45, 2.75) is 32.1 Å². The van der Waals surface area contributed by atoms with Gasteiger partial charge in [-0.2, -0.15) is 0 Å². The average Bonchev–Trinajstić information content (AvgIpc) is 2.82. The van der Waals surface area contributed by atoms with Gasteiger partial charge in [-0.3, -0.25) is 0 Å². The minimum absolute atomic E-state index is 0.303. The van der Waals surface area contributed by atoms with Gasteiger partial charge < -0.3 is 15.2 Å². The maximum atomic E-state index is 5.64. The predicted molar refractivity (Wildman–Crippen MR) is 63.0 cm³/mol. The Morgan fingerprint density at radius 3 is 3.00 bits per heavy atom. The monoisotopic (exact) mass is 221 g/mol.